The molecular formula is C18H15F2N3O3. The molecule has 3 heterocycles. The minimum absolute atomic E-state index is 0.0419. The molecule has 1 amide bonds. The number of halogens is 2. The van der Waals surface area contributed by atoms with Gasteiger partial charge in [0.05, 0.1) is 6.26 Å². The molecule has 0 spiro atoms. The van der Waals surface area contributed by atoms with E-state index in [1.165, 1.54) is 12.3 Å². The third-order valence-electron chi connectivity index (χ3n) is 4.47. The van der Waals surface area contributed by atoms with Gasteiger partial charge in [0.2, 0.25) is 5.89 Å². The summed E-state index contributed by atoms with van der Waals surface area (Å²) in [7, 11) is 0. The molecule has 1 saturated heterocycles. The van der Waals surface area contributed by atoms with Crippen molar-refractivity contribution in [2.45, 2.75) is 18.8 Å². The first-order chi connectivity index (χ1) is 12.6. The zero-order valence-corrected chi connectivity index (χ0v) is 13.7. The zero-order chi connectivity index (χ0) is 18.1. The van der Waals surface area contributed by atoms with Crippen molar-refractivity contribution in [1.29, 1.82) is 0 Å². The van der Waals surface area contributed by atoms with Gasteiger partial charge in [0.1, 0.15) is 0 Å². The molecule has 2 aromatic heterocycles. The summed E-state index contributed by atoms with van der Waals surface area (Å²) in [4.78, 5) is 14.1. The molecule has 8 heteroatoms. The third-order valence-corrected chi connectivity index (χ3v) is 4.47. The molecule has 3 aromatic rings. The Bertz CT molecular complexity index is 916. The van der Waals surface area contributed by atoms with Gasteiger partial charge in [-0.2, -0.15) is 0 Å². The van der Waals surface area contributed by atoms with Gasteiger partial charge in [-0.3, -0.25) is 4.79 Å². The molecule has 0 aliphatic carbocycles. The van der Waals surface area contributed by atoms with Gasteiger partial charge in [0, 0.05) is 24.6 Å². The molecule has 4 rings (SSSR count). The van der Waals surface area contributed by atoms with Crippen LogP contribution in [0, 0.1) is 11.6 Å². The first kappa shape index (κ1) is 16.4. The van der Waals surface area contributed by atoms with Crippen molar-refractivity contribution in [3.8, 4) is 11.7 Å². The number of amides is 1. The van der Waals surface area contributed by atoms with Gasteiger partial charge < -0.3 is 13.7 Å². The number of benzene rings is 1. The Morgan fingerprint density at radius 3 is 2.62 bits per heavy atom. The Labute approximate surface area is 147 Å². The van der Waals surface area contributed by atoms with E-state index in [-0.39, 0.29) is 17.4 Å². The second-order valence-electron chi connectivity index (χ2n) is 6.12. The molecule has 1 aliphatic heterocycles. The minimum atomic E-state index is -1.03. The number of piperidine rings is 1. The van der Waals surface area contributed by atoms with Crippen LogP contribution < -0.4 is 0 Å². The lowest BCUT2D eigenvalue weighted by Crippen LogP contribution is -2.38. The van der Waals surface area contributed by atoms with Gasteiger partial charge >= 0.3 is 0 Å². The molecule has 0 bridgehead atoms. The number of hydrogen-bond donors (Lipinski definition) is 0. The van der Waals surface area contributed by atoms with Gasteiger partial charge in [-0.1, -0.05) is 0 Å². The molecular weight excluding hydrogens is 344 g/mol. The Morgan fingerprint density at radius 1 is 1.12 bits per heavy atom. The molecule has 0 saturated carbocycles. The van der Waals surface area contributed by atoms with Crippen LogP contribution in [-0.2, 0) is 0 Å². The average molecular weight is 359 g/mol. The van der Waals surface area contributed by atoms with Gasteiger partial charge in [-0.25, -0.2) is 8.78 Å². The van der Waals surface area contributed by atoms with Gasteiger partial charge in [0.15, 0.2) is 17.4 Å². The summed E-state index contributed by atoms with van der Waals surface area (Å²) in [6, 6.07) is 6.66. The second kappa shape index (κ2) is 6.70. The van der Waals surface area contributed by atoms with E-state index in [4.69, 9.17) is 8.83 Å². The van der Waals surface area contributed by atoms with Crippen molar-refractivity contribution < 1.29 is 22.4 Å². The maximum Gasteiger partial charge on any atom is 0.283 e. The number of hydrogen-bond acceptors (Lipinski definition) is 5. The van der Waals surface area contributed by atoms with Crippen LogP contribution in [0.2, 0.25) is 0 Å². The highest BCUT2D eigenvalue weighted by Gasteiger charge is 2.28. The summed E-state index contributed by atoms with van der Waals surface area (Å²) < 4.78 is 37.2. The summed E-state index contributed by atoms with van der Waals surface area (Å²) in [5.74, 6) is -0.924. The summed E-state index contributed by atoms with van der Waals surface area (Å²) >= 11 is 0. The SMILES string of the molecule is O=C(c1ccc(F)c(F)c1)N1CCC(c2nnc(-c3ccco3)o2)CC1. The quantitative estimate of drug-likeness (QED) is 0.714. The van der Waals surface area contributed by atoms with E-state index in [1.807, 2.05) is 0 Å². The number of aromatic nitrogens is 2. The van der Waals surface area contributed by atoms with E-state index in [0.717, 1.165) is 12.1 Å². The zero-order valence-electron chi connectivity index (χ0n) is 13.7. The van der Waals surface area contributed by atoms with Gasteiger partial charge in [0.25, 0.3) is 11.8 Å². The predicted molar refractivity (Wildman–Crippen MR) is 86.2 cm³/mol. The van der Waals surface area contributed by atoms with Crippen LogP contribution in [0.25, 0.3) is 11.7 Å². The van der Waals surface area contributed by atoms with Gasteiger partial charge in [-0.15, -0.1) is 10.2 Å². The third kappa shape index (κ3) is 3.10. The molecule has 134 valence electrons. The Balaban J connectivity index is 1.41. The van der Waals surface area contributed by atoms with Crippen LogP contribution in [0.1, 0.15) is 35.0 Å². The number of carbonyl (C=O) groups excluding carboxylic acids is 1. The number of nitrogens with zero attached hydrogens (tertiary/aromatic N) is 3. The molecule has 26 heavy (non-hydrogen) atoms. The van der Waals surface area contributed by atoms with Crippen molar-refractivity contribution in [2.24, 2.45) is 0 Å². The van der Waals surface area contributed by atoms with Crippen LogP contribution in [-0.4, -0.2) is 34.1 Å². The van der Waals surface area contributed by atoms with E-state index in [1.54, 1.807) is 17.0 Å². The van der Waals surface area contributed by atoms with Crippen LogP contribution in [0.15, 0.2) is 45.4 Å². The van der Waals surface area contributed by atoms with Crippen molar-refractivity contribution in [1.82, 2.24) is 15.1 Å². The highest BCUT2D eigenvalue weighted by Crippen LogP contribution is 2.30. The largest absolute Gasteiger partial charge is 0.459 e. The summed E-state index contributed by atoms with van der Waals surface area (Å²) in [5, 5.41) is 8.06. The monoisotopic (exact) mass is 359 g/mol. The molecule has 6 nitrogen and oxygen atoms in total. The van der Waals surface area contributed by atoms with Gasteiger partial charge in [-0.05, 0) is 43.2 Å². The highest BCUT2D eigenvalue weighted by atomic mass is 19.2. The maximum absolute atomic E-state index is 13.3. The lowest BCUT2D eigenvalue weighted by molar-refractivity contribution is 0.0706. The van der Waals surface area contributed by atoms with Crippen molar-refractivity contribution in [2.75, 3.05) is 13.1 Å². The fourth-order valence-electron chi connectivity index (χ4n) is 3.04. The average Bonchev–Trinajstić information content (AvgIpc) is 3.35. The van der Waals surface area contributed by atoms with Crippen LogP contribution >= 0.6 is 0 Å². The number of furan rings is 1. The van der Waals surface area contributed by atoms with E-state index < -0.39 is 11.6 Å². The normalized spacial score (nSPS) is 15.4. The summed E-state index contributed by atoms with van der Waals surface area (Å²) in [5.41, 5.74) is 0.139. The van der Waals surface area contributed by atoms with Crippen molar-refractivity contribution >= 4 is 5.91 Å². The lowest BCUT2D eigenvalue weighted by atomic mass is 9.96. The first-order valence-electron chi connectivity index (χ1n) is 8.23. The van der Waals surface area contributed by atoms with Crippen LogP contribution in [0.4, 0.5) is 8.78 Å². The summed E-state index contributed by atoms with van der Waals surface area (Å²) in [6.45, 7) is 0.946. The number of likely N-dealkylation sites (tertiary alicyclic amines) is 1. The number of rotatable bonds is 3. The van der Waals surface area contributed by atoms with Crippen molar-refractivity contribution in [3.63, 3.8) is 0 Å². The Hall–Kier alpha value is -3.03. The lowest BCUT2D eigenvalue weighted by Gasteiger charge is -2.30. The molecule has 1 aliphatic rings. The highest BCUT2D eigenvalue weighted by molar-refractivity contribution is 5.94. The predicted octanol–water partition coefficient (Wildman–Crippen LogP) is 3.63. The number of carbonyl (C=O) groups is 1. The topological polar surface area (TPSA) is 72.4 Å². The Morgan fingerprint density at radius 2 is 1.92 bits per heavy atom. The summed E-state index contributed by atoms with van der Waals surface area (Å²) in [6.07, 6.45) is 2.83. The first-order valence-corrected chi connectivity index (χ1v) is 8.23. The smallest absolute Gasteiger partial charge is 0.283 e. The van der Waals surface area contributed by atoms with E-state index in [2.05, 4.69) is 10.2 Å². The second-order valence-corrected chi connectivity index (χ2v) is 6.12. The van der Waals surface area contributed by atoms with Crippen LogP contribution in [0.3, 0.4) is 0 Å². The molecule has 0 atom stereocenters. The molecule has 1 fully saturated rings. The van der Waals surface area contributed by atoms with Crippen molar-refractivity contribution in [3.05, 3.63) is 59.7 Å². The molecule has 0 unspecified atom stereocenters. The molecule has 0 N–H and O–H groups in total. The molecule has 0 radical (unpaired) electrons. The Kier molecular flexibility index (Phi) is 4.24. The van der Waals surface area contributed by atoms with E-state index in [0.29, 0.717) is 43.5 Å². The fraction of sp³-hybridized carbons (Fsp3) is 0.278. The maximum atomic E-state index is 13.3. The van der Waals surface area contributed by atoms with Crippen LogP contribution in [0.5, 0.6) is 0 Å². The molecule has 1 aromatic carbocycles. The van der Waals surface area contributed by atoms with E-state index >= 15 is 0 Å². The van der Waals surface area contributed by atoms with E-state index in [9.17, 15) is 13.6 Å². The standard InChI is InChI=1S/C18H15F2N3O3/c19-13-4-3-12(10-14(13)20)18(24)23-7-5-11(6-8-23)16-21-22-17(26-16)15-2-1-9-25-15/h1-4,9-11H,5-8H2. The fourth-order valence-corrected chi connectivity index (χ4v) is 3.04. The minimum Gasteiger partial charge on any atom is -0.459 e.